The lowest BCUT2D eigenvalue weighted by Crippen LogP contribution is -2.69. The van der Waals surface area contributed by atoms with Crippen molar-refractivity contribution in [1.82, 2.24) is 15.5 Å². The maximum Gasteiger partial charge on any atom is 0.222 e. The quantitative estimate of drug-likeness (QED) is 0.643. The van der Waals surface area contributed by atoms with Gasteiger partial charge in [-0.25, -0.2) is 0 Å². The molecule has 0 aliphatic heterocycles. The first-order valence-corrected chi connectivity index (χ1v) is 6.65. The van der Waals surface area contributed by atoms with Gasteiger partial charge in [0, 0.05) is 19.3 Å². The van der Waals surface area contributed by atoms with Crippen molar-refractivity contribution in [3.05, 3.63) is 6.92 Å². The Bertz CT molecular complexity index is 257. The number of rotatable bonds is 8. The molecular formula is C13H26N3O2. The number of carbonyl (C=O) groups excluding carboxylic acids is 2. The molecule has 2 N–H and O–H groups in total. The monoisotopic (exact) mass is 256 g/mol. The molecule has 2 amide bonds. The van der Waals surface area contributed by atoms with Crippen LogP contribution in [-0.4, -0.2) is 35.6 Å². The predicted octanol–water partition coefficient (Wildman–Crippen LogP) is 1.26. The maximum atomic E-state index is 11.7. The molecule has 0 aromatic carbocycles. The maximum absolute atomic E-state index is 11.7. The van der Waals surface area contributed by atoms with Gasteiger partial charge in [-0.05, 0) is 20.0 Å². The molecule has 5 heteroatoms. The molecule has 0 bridgehead atoms. The van der Waals surface area contributed by atoms with Crippen LogP contribution in [0.15, 0.2) is 0 Å². The average molecular weight is 256 g/mol. The Morgan fingerprint density at radius 1 is 1.00 bits per heavy atom. The molecule has 0 heterocycles. The SMILES string of the molecule is [CH2]CC(NC(=O)CC)(NC(=O)CC)N(CC)CC. The van der Waals surface area contributed by atoms with Gasteiger partial charge in [0.05, 0.1) is 0 Å². The molecule has 0 aliphatic rings. The highest BCUT2D eigenvalue weighted by molar-refractivity contribution is 5.79. The summed E-state index contributed by atoms with van der Waals surface area (Å²) in [5.74, 6) is -1.06. The lowest BCUT2D eigenvalue weighted by Gasteiger charge is -2.43. The molecule has 0 saturated heterocycles. The number of nitrogens with zero attached hydrogens (tertiary/aromatic N) is 1. The molecule has 0 aromatic rings. The molecule has 0 atom stereocenters. The van der Waals surface area contributed by atoms with Crippen molar-refractivity contribution in [2.45, 2.75) is 52.7 Å². The van der Waals surface area contributed by atoms with Crippen LogP contribution in [0.1, 0.15) is 47.0 Å². The van der Waals surface area contributed by atoms with E-state index in [1.807, 2.05) is 18.7 Å². The number of hydrogen-bond acceptors (Lipinski definition) is 3. The second-order valence-electron chi connectivity index (χ2n) is 4.09. The third kappa shape index (κ3) is 4.29. The summed E-state index contributed by atoms with van der Waals surface area (Å²) in [5.41, 5.74) is 0. The molecule has 105 valence electrons. The number of carbonyl (C=O) groups is 2. The van der Waals surface area contributed by atoms with E-state index in [0.717, 1.165) is 13.1 Å². The molecule has 0 unspecified atom stereocenters. The Labute approximate surface area is 110 Å². The van der Waals surface area contributed by atoms with E-state index >= 15 is 0 Å². The second kappa shape index (κ2) is 8.08. The van der Waals surface area contributed by atoms with E-state index in [-0.39, 0.29) is 11.8 Å². The van der Waals surface area contributed by atoms with E-state index in [9.17, 15) is 9.59 Å². The molecule has 0 spiro atoms. The summed E-state index contributed by atoms with van der Waals surface area (Å²) in [6.45, 7) is 12.9. The second-order valence-corrected chi connectivity index (χ2v) is 4.09. The number of amides is 2. The number of nitrogens with one attached hydrogen (secondary N) is 2. The van der Waals surface area contributed by atoms with Crippen molar-refractivity contribution in [2.24, 2.45) is 0 Å². The van der Waals surface area contributed by atoms with Crippen molar-refractivity contribution in [2.75, 3.05) is 13.1 Å². The Balaban J connectivity index is 5.16. The van der Waals surface area contributed by atoms with Crippen LogP contribution >= 0.6 is 0 Å². The Hall–Kier alpha value is -1.10. The van der Waals surface area contributed by atoms with Gasteiger partial charge >= 0.3 is 0 Å². The van der Waals surface area contributed by atoms with Crippen LogP contribution in [0, 0.1) is 6.92 Å². The zero-order valence-corrected chi connectivity index (χ0v) is 12.0. The first kappa shape index (κ1) is 16.9. The average Bonchev–Trinajstić information content (AvgIpc) is 2.39. The summed E-state index contributed by atoms with van der Waals surface area (Å²) in [6.07, 6.45) is 1.14. The van der Waals surface area contributed by atoms with Gasteiger partial charge in [0.2, 0.25) is 11.8 Å². The van der Waals surface area contributed by atoms with E-state index in [1.165, 1.54) is 0 Å². The largest absolute Gasteiger partial charge is 0.321 e. The van der Waals surface area contributed by atoms with E-state index in [1.54, 1.807) is 13.8 Å². The van der Waals surface area contributed by atoms with E-state index in [2.05, 4.69) is 17.6 Å². The van der Waals surface area contributed by atoms with E-state index < -0.39 is 5.79 Å². The molecule has 0 saturated carbocycles. The van der Waals surface area contributed by atoms with Crippen molar-refractivity contribution < 1.29 is 9.59 Å². The predicted molar refractivity (Wildman–Crippen MR) is 72.5 cm³/mol. The highest BCUT2D eigenvalue weighted by Crippen LogP contribution is 2.14. The standard InChI is InChI=1S/C13H26N3O2/c1-6-11(17)14-13(8-3,15-12(18)7-2)16(9-4)10-5/h3,6-10H2,1-2,4-5H3,(H,14,17)(H,15,18). The van der Waals surface area contributed by atoms with Crippen LogP contribution in [0.5, 0.6) is 0 Å². The van der Waals surface area contributed by atoms with Crippen LogP contribution in [0.2, 0.25) is 0 Å². The first-order valence-electron chi connectivity index (χ1n) is 6.65. The normalized spacial score (nSPS) is 11.4. The summed E-state index contributed by atoms with van der Waals surface area (Å²) in [4.78, 5) is 25.4. The summed E-state index contributed by atoms with van der Waals surface area (Å²) in [6, 6.07) is 0. The number of hydrogen-bond donors (Lipinski definition) is 2. The fourth-order valence-electron chi connectivity index (χ4n) is 1.87. The van der Waals surface area contributed by atoms with Crippen LogP contribution < -0.4 is 10.6 Å². The van der Waals surface area contributed by atoms with Gasteiger partial charge in [-0.1, -0.05) is 27.7 Å². The third-order valence-corrected chi connectivity index (χ3v) is 3.00. The van der Waals surface area contributed by atoms with Crippen LogP contribution in [0.3, 0.4) is 0 Å². The smallest absolute Gasteiger partial charge is 0.222 e. The zero-order chi connectivity index (χ0) is 14.2. The highest BCUT2D eigenvalue weighted by atomic mass is 16.2. The van der Waals surface area contributed by atoms with Gasteiger partial charge in [-0.2, -0.15) is 0 Å². The fourth-order valence-corrected chi connectivity index (χ4v) is 1.87. The minimum atomic E-state index is -0.871. The summed E-state index contributed by atoms with van der Waals surface area (Å²) in [5, 5.41) is 5.78. The molecule has 18 heavy (non-hydrogen) atoms. The van der Waals surface area contributed by atoms with Crippen molar-refractivity contribution in [1.29, 1.82) is 0 Å². The molecule has 0 rings (SSSR count). The third-order valence-electron chi connectivity index (χ3n) is 3.00. The van der Waals surface area contributed by atoms with Gasteiger partial charge in [0.25, 0.3) is 0 Å². The molecule has 0 aromatic heterocycles. The Morgan fingerprint density at radius 2 is 1.39 bits per heavy atom. The van der Waals surface area contributed by atoms with Crippen LogP contribution in [0.4, 0.5) is 0 Å². The van der Waals surface area contributed by atoms with Gasteiger partial charge < -0.3 is 10.6 Å². The molecule has 1 radical (unpaired) electrons. The Morgan fingerprint density at radius 3 is 1.61 bits per heavy atom. The minimum Gasteiger partial charge on any atom is -0.321 e. The zero-order valence-electron chi connectivity index (χ0n) is 12.0. The van der Waals surface area contributed by atoms with Gasteiger partial charge in [0.1, 0.15) is 0 Å². The van der Waals surface area contributed by atoms with Gasteiger partial charge in [-0.15, -0.1) is 0 Å². The van der Waals surface area contributed by atoms with Gasteiger partial charge in [0.15, 0.2) is 5.79 Å². The van der Waals surface area contributed by atoms with Gasteiger partial charge in [-0.3, -0.25) is 14.5 Å². The fraction of sp³-hybridized carbons (Fsp3) is 0.769. The summed E-state index contributed by atoms with van der Waals surface area (Å²) in [7, 11) is 0. The lowest BCUT2D eigenvalue weighted by molar-refractivity contribution is -0.132. The van der Waals surface area contributed by atoms with Crippen LogP contribution in [-0.2, 0) is 9.59 Å². The van der Waals surface area contributed by atoms with Crippen molar-refractivity contribution in [3.8, 4) is 0 Å². The molecule has 5 nitrogen and oxygen atoms in total. The lowest BCUT2D eigenvalue weighted by atomic mass is 10.1. The molecular weight excluding hydrogens is 230 g/mol. The van der Waals surface area contributed by atoms with Crippen molar-refractivity contribution in [3.63, 3.8) is 0 Å². The van der Waals surface area contributed by atoms with E-state index in [0.29, 0.717) is 19.3 Å². The Kier molecular flexibility index (Phi) is 7.59. The van der Waals surface area contributed by atoms with Crippen LogP contribution in [0.25, 0.3) is 0 Å². The van der Waals surface area contributed by atoms with Crippen molar-refractivity contribution >= 4 is 11.8 Å². The summed E-state index contributed by atoms with van der Waals surface area (Å²) < 4.78 is 0. The van der Waals surface area contributed by atoms with E-state index in [4.69, 9.17) is 0 Å². The topological polar surface area (TPSA) is 61.4 Å². The first-order chi connectivity index (χ1) is 8.49. The molecule has 0 aliphatic carbocycles. The minimum absolute atomic E-state index is 0.0954. The highest BCUT2D eigenvalue weighted by Gasteiger charge is 2.35. The summed E-state index contributed by atoms with van der Waals surface area (Å²) >= 11 is 0. The molecule has 0 fully saturated rings.